The standard InChI is InChI=1S/C31H24ClF3N4O3/c1-18-12-19(5-8-24(18)29(41)38-28-10-6-21(16-37-28)31(33,34)35)17-39-26(15-23-4-2-3-11-36-23)27(40)14-20-13-22(32)7-9-25(20)30(39)42/h2-13,16,26H,14-15,17H2,1H3,(H,37,38,41)/t26-/m1/s1. The van der Waals surface area contributed by atoms with Gasteiger partial charge in [0.2, 0.25) is 0 Å². The van der Waals surface area contributed by atoms with E-state index in [0.29, 0.717) is 39.2 Å². The number of hydrogen-bond donors (Lipinski definition) is 1. The van der Waals surface area contributed by atoms with Gasteiger partial charge in [-0.3, -0.25) is 19.4 Å². The summed E-state index contributed by atoms with van der Waals surface area (Å²) in [5.41, 5.74) is 2.23. The van der Waals surface area contributed by atoms with E-state index in [1.165, 1.54) is 4.90 Å². The van der Waals surface area contributed by atoms with Gasteiger partial charge in [-0.05, 0) is 72.1 Å². The topological polar surface area (TPSA) is 92.3 Å². The molecule has 1 aliphatic rings. The SMILES string of the molecule is Cc1cc(CN2C(=O)c3ccc(Cl)cc3CC(=O)[C@H]2Cc2ccccn2)ccc1C(=O)Nc1ccc(C(F)(F)F)cn1. The number of nitrogens with zero attached hydrogens (tertiary/aromatic N) is 3. The molecule has 0 bridgehead atoms. The molecule has 0 saturated carbocycles. The summed E-state index contributed by atoms with van der Waals surface area (Å²) in [4.78, 5) is 49.8. The van der Waals surface area contributed by atoms with Gasteiger partial charge in [-0.15, -0.1) is 0 Å². The highest BCUT2D eigenvalue weighted by atomic mass is 35.5. The van der Waals surface area contributed by atoms with Crippen LogP contribution in [0.3, 0.4) is 0 Å². The summed E-state index contributed by atoms with van der Waals surface area (Å²) >= 11 is 6.16. The minimum atomic E-state index is -4.53. The van der Waals surface area contributed by atoms with Crippen LogP contribution in [0.25, 0.3) is 0 Å². The van der Waals surface area contributed by atoms with E-state index >= 15 is 0 Å². The van der Waals surface area contributed by atoms with Gasteiger partial charge in [0.1, 0.15) is 5.82 Å². The molecule has 42 heavy (non-hydrogen) atoms. The maximum Gasteiger partial charge on any atom is 0.417 e. The van der Waals surface area contributed by atoms with Crippen molar-refractivity contribution < 1.29 is 27.6 Å². The number of carbonyl (C=O) groups is 3. The maximum absolute atomic E-state index is 13.8. The Hall–Kier alpha value is -4.57. The molecule has 0 fully saturated rings. The molecule has 5 rings (SSSR count). The van der Waals surface area contributed by atoms with Crippen molar-refractivity contribution in [1.82, 2.24) is 14.9 Å². The lowest BCUT2D eigenvalue weighted by atomic mass is 9.99. The maximum atomic E-state index is 13.8. The second kappa shape index (κ2) is 11.7. The molecule has 7 nitrogen and oxygen atoms in total. The molecule has 0 radical (unpaired) electrons. The average Bonchev–Trinajstić information content (AvgIpc) is 3.03. The van der Waals surface area contributed by atoms with E-state index < -0.39 is 23.7 Å². The second-order valence-electron chi connectivity index (χ2n) is 9.95. The minimum Gasteiger partial charge on any atom is -0.324 e. The summed E-state index contributed by atoms with van der Waals surface area (Å²) < 4.78 is 38.5. The Kier molecular flexibility index (Phi) is 8.08. The number of aromatic nitrogens is 2. The fourth-order valence-corrected chi connectivity index (χ4v) is 5.11. The van der Waals surface area contributed by atoms with Crippen molar-refractivity contribution in [3.8, 4) is 0 Å². The molecular weight excluding hydrogens is 569 g/mol. The van der Waals surface area contributed by atoms with Gasteiger partial charge in [0.05, 0.1) is 11.6 Å². The van der Waals surface area contributed by atoms with Crippen molar-refractivity contribution >= 4 is 35.0 Å². The van der Waals surface area contributed by atoms with Crippen molar-refractivity contribution in [3.05, 3.63) is 123 Å². The molecule has 0 aliphatic carbocycles. The number of fused-ring (bicyclic) bond motifs is 1. The summed E-state index contributed by atoms with van der Waals surface area (Å²) in [6, 6.07) is 16.4. The van der Waals surface area contributed by atoms with E-state index in [4.69, 9.17) is 11.6 Å². The second-order valence-corrected chi connectivity index (χ2v) is 10.4. The Labute approximate surface area is 244 Å². The van der Waals surface area contributed by atoms with Crippen LogP contribution in [0.2, 0.25) is 5.02 Å². The Morgan fingerprint density at radius 1 is 1.05 bits per heavy atom. The van der Waals surface area contributed by atoms with Crippen LogP contribution in [-0.2, 0) is 30.4 Å². The van der Waals surface area contributed by atoms with Crippen molar-refractivity contribution in [2.45, 2.75) is 38.5 Å². The number of hydrogen-bond acceptors (Lipinski definition) is 5. The first-order valence-corrected chi connectivity index (χ1v) is 13.3. The lowest BCUT2D eigenvalue weighted by Gasteiger charge is -2.29. The van der Waals surface area contributed by atoms with Gasteiger partial charge >= 0.3 is 6.18 Å². The Balaban J connectivity index is 1.40. The normalized spacial score (nSPS) is 15.3. The lowest BCUT2D eigenvalue weighted by molar-refractivity contribution is -0.137. The summed E-state index contributed by atoms with van der Waals surface area (Å²) in [5.74, 6) is -1.04. The van der Waals surface area contributed by atoms with Crippen LogP contribution in [0, 0.1) is 6.92 Å². The zero-order chi connectivity index (χ0) is 30.0. The van der Waals surface area contributed by atoms with Gasteiger partial charge in [0.15, 0.2) is 5.78 Å². The summed E-state index contributed by atoms with van der Waals surface area (Å²) in [5, 5.41) is 2.94. The highest BCUT2D eigenvalue weighted by molar-refractivity contribution is 6.30. The van der Waals surface area contributed by atoms with Gasteiger partial charge < -0.3 is 10.2 Å². The number of pyridine rings is 2. The molecule has 214 valence electrons. The number of Topliss-reactive ketones (excluding diaryl/α,β-unsaturated/α-hetero) is 1. The Morgan fingerprint density at radius 2 is 1.86 bits per heavy atom. The number of anilines is 1. The van der Waals surface area contributed by atoms with Crippen molar-refractivity contribution in [2.24, 2.45) is 0 Å². The van der Waals surface area contributed by atoms with E-state index in [0.717, 1.165) is 12.1 Å². The number of ketones is 1. The van der Waals surface area contributed by atoms with Crippen LogP contribution in [0.5, 0.6) is 0 Å². The van der Waals surface area contributed by atoms with Crippen LogP contribution >= 0.6 is 11.6 Å². The molecule has 1 atom stereocenters. The Morgan fingerprint density at radius 3 is 2.52 bits per heavy atom. The molecule has 0 spiro atoms. The summed E-state index contributed by atoms with van der Waals surface area (Å²) in [6.45, 7) is 1.80. The van der Waals surface area contributed by atoms with Gasteiger partial charge in [-0.25, -0.2) is 4.98 Å². The molecule has 2 amide bonds. The predicted octanol–water partition coefficient (Wildman–Crippen LogP) is 6.09. The van der Waals surface area contributed by atoms with Crippen LogP contribution in [0.1, 0.15) is 48.7 Å². The van der Waals surface area contributed by atoms with Gasteiger partial charge in [0.25, 0.3) is 11.8 Å². The fourth-order valence-electron chi connectivity index (χ4n) is 4.91. The largest absolute Gasteiger partial charge is 0.417 e. The number of carbonyl (C=O) groups excluding carboxylic acids is 3. The van der Waals surface area contributed by atoms with Crippen molar-refractivity contribution in [1.29, 1.82) is 0 Å². The molecule has 0 saturated heterocycles. The smallest absolute Gasteiger partial charge is 0.324 e. The molecular formula is C31H24ClF3N4O3. The highest BCUT2D eigenvalue weighted by Gasteiger charge is 2.36. The summed E-state index contributed by atoms with van der Waals surface area (Å²) in [7, 11) is 0. The zero-order valence-corrected chi connectivity index (χ0v) is 23.0. The molecule has 1 N–H and O–H groups in total. The highest BCUT2D eigenvalue weighted by Crippen LogP contribution is 2.30. The zero-order valence-electron chi connectivity index (χ0n) is 22.3. The number of aryl methyl sites for hydroxylation is 1. The van der Waals surface area contributed by atoms with E-state index in [1.807, 2.05) is 6.07 Å². The molecule has 11 heteroatoms. The Bertz CT molecular complexity index is 1660. The van der Waals surface area contributed by atoms with E-state index in [-0.39, 0.29) is 42.5 Å². The minimum absolute atomic E-state index is 0.0266. The third kappa shape index (κ3) is 6.33. The number of amides is 2. The molecule has 1 aliphatic heterocycles. The predicted molar refractivity (Wildman–Crippen MR) is 150 cm³/mol. The van der Waals surface area contributed by atoms with E-state index in [1.54, 1.807) is 61.7 Å². The van der Waals surface area contributed by atoms with Gasteiger partial charge in [-0.2, -0.15) is 13.2 Å². The molecule has 3 heterocycles. The van der Waals surface area contributed by atoms with Crippen molar-refractivity contribution in [2.75, 3.05) is 5.32 Å². The van der Waals surface area contributed by atoms with Crippen LogP contribution in [0.15, 0.2) is 79.1 Å². The first kappa shape index (κ1) is 28.9. The number of nitrogens with one attached hydrogen (secondary N) is 1. The number of benzene rings is 2. The fraction of sp³-hybridized carbons (Fsp3) is 0.194. The first-order valence-electron chi connectivity index (χ1n) is 13.0. The molecule has 2 aromatic heterocycles. The monoisotopic (exact) mass is 592 g/mol. The number of halogens is 4. The average molecular weight is 593 g/mol. The molecule has 0 unspecified atom stereocenters. The number of rotatable bonds is 6. The molecule has 4 aromatic rings. The third-order valence-corrected chi connectivity index (χ3v) is 7.26. The molecule has 2 aromatic carbocycles. The van der Waals surface area contributed by atoms with E-state index in [2.05, 4.69) is 15.3 Å². The number of alkyl halides is 3. The lowest BCUT2D eigenvalue weighted by Crippen LogP contribution is -2.45. The first-order chi connectivity index (χ1) is 20.0. The summed E-state index contributed by atoms with van der Waals surface area (Å²) in [6.07, 6.45) is -1.98. The van der Waals surface area contributed by atoms with Gasteiger partial charge in [-0.1, -0.05) is 29.8 Å². The third-order valence-electron chi connectivity index (χ3n) is 7.02. The van der Waals surface area contributed by atoms with Crippen LogP contribution in [0.4, 0.5) is 19.0 Å². The van der Waals surface area contributed by atoms with E-state index in [9.17, 15) is 27.6 Å². The van der Waals surface area contributed by atoms with Crippen molar-refractivity contribution in [3.63, 3.8) is 0 Å². The van der Waals surface area contributed by atoms with Crippen LogP contribution < -0.4 is 5.32 Å². The van der Waals surface area contributed by atoms with Crippen LogP contribution in [-0.4, -0.2) is 38.5 Å². The van der Waals surface area contributed by atoms with Gasteiger partial charge in [0, 0.05) is 53.6 Å². The quantitative estimate of drug-likeness (QED) is 0.293.